The van der Waals surface area contributed by atoms with E-state index in [1.165, 1.54) is 11.3 Å². The Morgan fingerprint density at radius 3 is 2.94 bits per heavy atom. The second-order valence-corrected chi connectivity index (χ2v) is 4.35. The van der Waals surface area contributed by atoms with E-state index in [0.717, 1.165) is 25.1 Å². The molecule has 2 N–H and O–H groups in total. The van der Waals surface area contributed by atoms with Crippen LogP contribution in [0, 0.1) is 0 Å². The lowest BCUT2D eigenvalue weighted by Gasteiger charge is -2.19. The number of nitrogen functional groups attached to an aromatic ring is 1. The van der Waals surface area contributed by atoms with E-state index in [9.17, 15) is 0 Å². The van der Waals surface area contributed by atoms with Crippen LogP contribution in [0.1, 0.15) is 11.1 Å². The highest BCUT2D eigenvalue weighted by Gasteiger charge is 2.18. The van der Waals surface area contributed by atoms with Crippen molar-refractivity contribution in [3.05, 3.63) is 53.7 Å². The molecule has 0 radical (unpaired) electrons. The van der Waals surface area contributed by atoms with Gasteiger partial charge in [-0.15, -0.1) is 0 Å². The van der Waals surface area contributed by atoms with Gasteiger partial charge in [0.1, 0.15) is 5.82 Å². The van der Waals surface area contributed by atoms with E-state index in [-0.39, 0.29) is 0 Å². The minimum absolute atomic E-state index is 0.636. The third-order valence-corrected chi connectivity index (χ3v) is 3.27. The number of rotatable bonds is 2. The van der Waals surface area contributed by atoms with Crippen LogP contribution < -0.4 is 10.6 Å². The first-order chi connectivity index (χ1) is 8.34. The predicted octanol–water partition coefficient (Wildman–Crippen LogP) is 2.23. The summed E-state index contributed by atoms with van der Waals surface area (Å²) in [6.07, 6.45) is 2.85. The highest BCUT2D eigenvalue weighted by atomic mass is 15.1. The van der Waals surface area contributed by atoms with Gasteiger partial charge in [-0.25, -0.2) is 4.98 Å². The zero-order valence-corrected chi connectivity index (χ0v) is 9.63. The van der Waals surface area contributed by atoms with Gasteiger partial charge in [0.25, 0.3) is 0 Å². The van der Waals surface area contributed by atoms with Crippen LogP contribution in [0.4, 0.5) is 11.5 Å². The van der Waals surface area contributed by atoms with Gasteiger partial charge in [0.05, 0.1) is 0 Å². The smallest absolute Gasteiger partial charge is 0.128 e. The molecule has 17 heavy (non-hydrogen) atoms. The van der Waals surface area contributed by atoms with E-state index >= 15 is 0 Å². The normalized spacial score (nSPS) is 13.8. The predicted molar refractivity (Wildman–Crippen MR) is 69.8 cm³/mol. The van der Waals surface area contributed by atoms with E-state index in [1.807, 2.05) is 12.1 Å². The Kier molecular flexibility index (Phi) is 2.44. The van der Waals surface area contributed by atoms with Crippen molar-refractivity contribution in [2.75, 3.05) is 17.2 Å². The number of para-hydroxylation sites is 1. The fourth-order valence-electron chi connectivity index (χ4n) is 2.36. The number of fused-ring (bicyclic) bond motifs is 1. The quantitative estimate of drug-likeness (QED) is 0.852. The molecular weight excluding hydrogens is 210 g/mol. The molecule has 3 rings (SSSR count). The van der Waals surface area contributed by atoms with Crippen molar-refractivity contribution < 1.29 is 0 Å². The van der Waals surface area contributed by atoms with Crippen LogP contribution in [-0.4, -0.2) is 11.5 Å². The van der Waals surface area contributed by atoms with E-state index in [0.29, 0.717) is 5.82 Å². The van der Waals surface area contributed by atoms with Crippen molar-refractivity contribution in [1.29, 1.82) is 0 Å². The molecule has 0 aliphatic carbocycles. The van der Waals surface area contributed by atoms with E-state index in [1.54, 1.807) is 6.20 Å². The topological polar surface area (TPSA) is 42.1 Å². The summed E-state index contributed by atoms with van der Waals surface area (Å²) < 4.78 is 0. The van der Waals surface area contributed by atoms with Crippen molar-refractivity contribution in [3.8, 4) is 0 Å². The Bertz CT molecular complexity index is 536. The van der Waals surface area contributed by atoms with Crippen LogP contribution in [0.3, 0.4) is 0 Å². The lowest BCUT2D eigenvalue weighted by molar-refractivity contribution is 0.834. The summed E-state index contributed by atoms with van der Waals surface area (Å²) >= 11 is 0. The summed E-state index contributed by atoms with van der Waals surface area (Å²) in [6.45, 7) is 1.91. The zero-order valence-electron chi connectivity index (χ0n) is 9.63. The zero-order chi connectivity index (χ0) is 11.7. The number of anilines is 2. The second-order valence-electron chi connectivity index (χ2n) is 4.35. The van der Waals surface area contributed by atoms with Crippen molar-refractivity contribution in [1.82, 2.24) is 4.98 Å². The van der Waals surface area contributed by atoms with Gasteiger partial charge in [-0.05, 0) is 24.1 Å². The van der Waals surface area contributed by atoms with Gasteiger partial charge in [0, 0.05) is 30.5 Å². The maximum absolute atomic E-state index is 5.88. The molecule has 86 valence electrons. The standard InChI is InChI=1S/C14H15N3/c15-14-12(5-3-8-16-14)10-17-9-7-11-4-1-2-6-13(11)17/h1-6,8H,7,9-10H2,(H2,15,16). The van der Waals surface area contributed by atoms with Gasteiger partial charge in [0.15, 0.2) is 0 Å². The Labute approximate surface area is 101 Å². The van der Waals surface area contributed by atoms with Crippen molar-refractivity contribution in [2.24, 2.45) is 0 Å². The molecule has 1 aliphatic heterocycles. The minimum Gasteiger partial charge on any atom is -0.383 e. The lowest BCUT2D eigenvalue weighted by Crippen LogP contribution is -2.20. The molecule has 0 fully saturated rings. The van der Waals surface area contributed by atoms with Gasteiger partial charge in [-0.1, -0.05) is 24.3 Å². The highest BCUT2D eigenvalue weighted by Crippen LogP contribution is 2.29. The summed E-state index contributed by atoms with van der Waals surface area (Å²) in [5.74, 6) is 0.636. The first-order valence-electron chi connectivity index (χ1n) is 5.87. The second kappa shape index (κ2) is 4.09. The monoisotopic (exact) mass is 225 g/mol. The molecule has 2 aromatic rings. The Hall–Kier alpha value is -2.03. The average molecular weight is 225 g/mol. The summed E-state index contributed by atoms with van der Waals surface area (Å²) in [6, 6.07) is 12.5. The molecule has 0 saturated carbocycles. The number of pyridine rings is 1. The summed E-state index contributed by atoms with van der Waals surface area (Å²) in [5.41, 5.74) is 9.74. The van der Waals surface area contributed by atoms with Gasteiger partial charge >= 0.3 is 0 Å². The molecule has 0 saturated heterocycles. The molecule has 0 unspecified atom stereocenters. The van der Waals surface area contributed by atoms with Crippen LogP contribution in [0.2, 0.25) is 0 Å². The molecule has 0 atom stereocenters. The first kappa shape index (κ1) is 10.1. The fourth-order valence-corrected chi connectivity index (χ4v) is 2.36. The van der Waals surface area contributed by atoms with Crippen molar-refractivity contribution in [2.45, 2.75) is 13.0 Å². The minimum atomic E-state index is 0.636. The number of benzene rings is 1. The summed E-state index contributed by atoms with van der Waals surface area (Å²) in [7, 11) is 0. The van der Waals surface area contributed by atoms with E-state index < -0.39 is 0 Å². The van der Waals surface area contributed by atoms with Crippen LogP contribution in [0.15, 0.2) is 42.6 Å². The molecule has 0 bridgehead atoms. The third-order valence-electron chi connectivity index (χ3n) is 3.27. The van der Waals surface area contributed by atoms with E-state index in [2.05, 4.69) is 34.1 Å². The number of nitrogens with zero attached hydrogens (tertiary/aromatic N) is 2. The molecule has 0 spiro atoms. The fraction of sp³-hybridized carbons (Fsp3) is 0.214. The van der Waals surface area contributed by atoms with Crippen LogP contribution in [0.5, 0.6) is 0 Å². The maximum Gasteiger partial charge on any atom is 0.128 e. The molecule has 2 heterocycles. The molecule has 3 nitrogen and oxygen atoms in total. The SMILES string of the molecule is Nc1ncccc1CN1CCc2ccccc21. The molecule has 1 aromatic carbocycles. The summed E-state index contributed by atoms with van der Waals surface area (Å²) in [4.78, 5) is 6.49. The number of aromatic nitrogens is 1. The van der Waals surface area contributed by atoms with Crippen LogP contribution in [0.25, 0.3) is 0 Å². The van der Waals surface area contributed by atoms with E-state index in [4.69, 9.17) is 5.73 Å². The summed E-state index contributed by atoms with van der Waals surface area (Å²) in [5, 5.41) is 0. The molecule has 0 amide bonds. The van der Waals surface area contributed by atoms with Crippen molar-refractivity contribution >= 4 is 11.5 Å². The molecule has 3 heteroatoms. The molecular formula is C14H15N3. The molecule has 1 aliphatic rings. The number of nitrogens with two attached hydrogens (primary N) is 1. The number of hydrogen-bond donors (Lipinski definition) is 1. The van der Waals surface area contributed by atoms with Gasteiger partial charge in [-0.2, -0.15) is 0 Å². The highest BCUT2D eigenvalue weighted by molar-refractivity contribution is 5.58. The Morgan fingerprint density at radius 2 is 2.06 bits per heavy atom. The third kappa shape index (κ3) is 1.84. The van der Waals surface area contributed by atoms with Gasteiger partial charge in [-0.3, -0.25) is 0 Å². The van der Waals surface area contributed by atoms with Crippen LogP contribution >= 0.6 is 0 Å². The van der Waals surface area contributed by atoms with Gasteiger partial charge in [0.2, 0.25) is 0 Å². The van der Waals surface area contributed by atoms with Crippen LogP contribution in [-0.2, 0) is 13.0 Å². The van der Waals surface area contributed by atoms with Gasteiger partial charge < -0.3 is 10.6 Å². The average Bonchev–Trinajstić information content (AvgIpc) is 2.76. The maximum atomic E-state index is 5.88. The first-order valence-corrected chi connectivity index (χ1v) is 5.87. The molecule has 1 aromatic heterocycles. The van der Waals surface area contributed by atoms with Crippen molar-refractivity contribution in [3.63, 3.8) is 0 Å². The lowest BCUT2D eigenvalue weighted by atomic mass is 10.2. The largest absolute Gasteiger partial charge is 0.383 e. The Morgan fingerprint density at radius 1 is 1.18 bits per heavy atom. The Balaban J connectivity index is 1.87. The number of hydrogen-bond acceptors (Lipinski definition) is 3.